The topological polar surface area (TPSA) is 71.7 Å². The van der Waals surface area contributed by atoms with E-state index in [4.69, 9.17) is 20.8 Å². The van der Waals surface area contributed by atoms with Gasteiger partial charge in [-0.05, 0) is 56.3 Å². The molecule has 0 N–H and O–H groups in total. The molecule has 0 bridgehead atoms. The van der Waals surface area contributed by atoms with Gasteiger partial charge in [-0.1, -0.05) is 17.7 Å². The Bertz CT molecular complexity index is 1050. The molecule has 0 amide bonds. The number of aromatic nitrogens is 2. The van der Waals surface area contributed by atoms with Gasteiger partial charge in [0, 0.05) is 41.9 Å². The third kappa shape index (κ3) is 4.57. The molecule has 2 heterocycles. The van der Waals surface area contributed by atoms with Crippen LogP contribution in [0.2, 0.25) is 5.02 Å². The van der Waals surface area contributed by atoms with Gasteiger partial charge in [-0.25, -0.2) is 4.79 Å². The highest BCUT2D eigenvalue weighted by atomic mass is 35.5. The number of rotatable bonds is 5. The van der Waals surface area contributed by atoms with Crippen molar-refractivity contribution in [3.63, 3.8) is 0 Å². The first-order chi connectivity index (χ1) is 15.0. The fourth-order valence-electron chi connectivity index (χ4n) is 3.99. The van der Waals surface area contributed by atoms with E-state index in [2.05, 4.69) is 33.8 Å². The molecule has 8 heteroatoms. The summed E-state index contributed by atoms with van der Waals surface area (Å²) in [5.41, 5.74) is 2.46. The van der Waals surface area contributed by atoms with Crippen LogP contribution in [-0.2, 0) is 4.74 Å². The number of halogens is 1. The van der Waals surface area contributed by atoms with Crippen LogP contribution in [0.4, 0.5) is 5.69 Å². The van der Waals surface area contributed by atoms with E-state index in [1.807, 2.05) is 36.4 Å². The van der Waals surface area contributed by atoms with E-state index in [9.17, 15) is 4.79 Å². The van der Waals surface area contributed by atoms with E-state index in [1.165, 1.54) is 7.11 Å². The molecule has 162 valence electrons. The lowest BCUT2D eigenvalue weighted by Gasteiger charge is -2.42. The molecule has 2 aromatic carbocycles. The molecule has 1 aliphatic heterocycles. The van der Waals surface area contributed by atoms with E-state index in [-0.39, 0.29) is 18.1 Å². The second-order valence-corrected chi connectivity index (χ2v) is 8.14. The van der Waals surface area contributed by atoms with Crippen molar-refractivity contribution in [3.8, 4) is 11.5 Å². The summed E-state index contributed by atoms with van der Waals surface area (Å²) in [6.45, 7) is 6.86. The predicted molar refractivity (Wildman–Crippen MR) is 119 cm³/mol. The van der Waals surface area contributed by atoms with Crippen LogP contribution >= 0.6 is 11.6 Å². The zero-order valence-electron chi connectivity index (χ0n) is 17.8. The molecular weight excluding hydrogens is 416 g/mol. The van der Waals surface area contributed by atoms with Crippen molar-refractivity contribution in [2.75, 3.05) is 31.6 Å². The third-order valence-electron chi connectivity index (χ3n) is 5.70. The van der Waals surface area contributed by atoms with Crippen LogP contribution in [-0.4, -0.2) is 53.9 Å². The molecule has 0 spiro atoms. The first-order valence-corrected chi connectivity index (χ1v) is 10.6. The van der Waals surface area contributed by atoms with Crippen LogP contribution in [0.1, 0.15) is 36.1 Å². The van der Waals surface area contributed by atoms with Crippen molar-refractivity contribution >= 4 is 23.3 Å². The molecule has 1 aromatic heterocycles. The Balaban J connectivity index is 1.42. The maximum atomic E-state index is 11.6. The minimum atomic E-state index is -0.324. The zero-order valence-corrected chi connectivity index (χ0v) is 18.5. The van der Waals surface area contributed by atoms with Gasteiger partial charge < -0.3 is 14.1 Å². The number of esters is 1. The van der Waals surface area contributed by atoms with Crippen molar-refractivity contribution in [2.45, 2.75) is 25.9 Å². The Kier molecular flexibility index (Phi) is 6.25. The summed E-state index contributed by atoms with van der Waals surface area (Å²) in [6.07, 6.45) is 0. The van der Waals surface area contributed by atoms with E-state index < -0.39 is 0 Å². The minimum absolute atomic E-state index is 0.000662. The molecule has 4 rings (SSSR count). The van der Waals surface area contributed by atoms with Crippen LogP contribution in [0.25, 0.3) is 11.5 Å². The van der Waals surface area contributed by atoms with E-state index in [0.29, 0.717) is 22.4 Å². The first kappa shape index (κ1) is 21.3. The predicted octanol–water partition coefficient (Wildman–Crippen LogP) is 4.45. The van der Waals surface area contributed by atoms with E-state index in [1.54, 1.807) is 12.1 Å². The van der Waals surface area contributed by atoms with E-state index >= 15 is 0 Å². The number of carbonyl (C=O) groups is 1. The van der Waals surface area contributed by atoms with Gasteiger partial charge in [-0.2, -0.15) is 0 Å². The average molecular weight is 441 g/mol. The monoisotopic (exact) mass is 440 g/mol. The summed E-state index contributed by atoms with van der Waals surface area (Å²) < 4.78 is 10.7. The fourth-order valence-corrected chi connectivity index (χ4v) is 4.18. The normalized spacial score (nSPS) is 18.1. The lowest BCUT2D eigenvalue weighted by molar-refractivity contribution is 0.0600. The highest BCUT2D eigenvalue weighted by molar-refractivity contribution is 6.30. The summed E-state index contributed by atoms with van der Waals surface area (Å²) >= 11 is 6.07. The Morgan fingerprint density at radius 2 is 1.97 bits per heavy atom. The number of anilines is 1. The molecular formula is C23H25ClN4O3. The average Bonchev–Trinajstić information content (AvgIpc) is 3.28. The van der Waals surface area contributed by atoms with Gasteiger partial charge in [0.2, 0.25) is 11.8 Å². The molecule has 7 nitrogen and oxygen atoms in total. The van der Waals surface area contributed by atoms with E-state index in [0.717, 1.165) is 30.9 Å². The number of hydrogen-bond donors (Lipinski definition) is 0. The number of hydrogen-bond acceptors (Lipinski definition) is 7. The van der Waals surface area contributed by atoms with Crippen molar-refractivity contribution < 1.29 is 13.9 Å². The van der Waals surface area contributed by atoms with Crippen molar-refractivity contribution in [1.29, 1.82) is 0 Å². The molecule has 1 aliphatic rings. The number of piperazine rings is 1. The third-order valence-corrected chi connectivity index (χ3v) is 5.93. The van der Waals surface area contributed by atoms with Gasteiger partial charge in [0.05, 0.1) is 18.7 Å². The molecule has 3 aromatic rings. The zero-order chi connectivity index (χ0) is 22.0. The number of nitrogens with zero attached hydrogens (tertiary/aromatic N) is 4. The highest BCUT2D eigenvalue weighted by Gasteiger charge is 2.31. The Labute approximate surface area is 186 Å². The van der Waals surface area contributed by atoms with Gasteiger partial charge in [0.15, 0.2) is 0 Å². The number of ether oxygens (including phenoxy) is 1. The van der Waals surface area contributed by atoms with Gasteiger partial charge in [-0.3, -0.25) is 4.90 Å². The number of carbonyl (C=O) groups excluding carboxylic acids is 1. The maximum Gasteiger partial charge on any atom is 0.337 e. The fraction of sp³-hybridized carbons (Fsp3) is 0.348. The summed E-state index contributed by atoms with van der Waals surface area (Å²) in [5, 5.41) is 9.13. The van der Waals surface area contributed by atoms with Crippen LogP contribution < -0.4 is 4.90 Å². The van der Waals surface area contributed by atoms with Crippen LogP contribution in [0, 0.1) is 0 Å². The summed E-state index contributed by atoms with van der Waals surface area (Å²) in [4.78, 5) is 16.3. The molecule has 2 atom stereocenters. The molecule has 0 aliphatic carbocycles. The Hall–Kier alpha value is -2.90. The maximum absolute atomic E-state index is 11.6. The Morgan fingerprint density at radius 3 is 2.65 bits per heavy atom. The molecule has 1 saturated heterocycles. The van der Waals surface area contributed by atoms with Crippen molar-refractivity contribution in [1.82, 2.24) is 15.1 Å². The standard InChI is InChI=1S/C23H25ClN4O3/c1-15-14-27(20-9-7-17(8-10-20)23(29)30-3)11-12-28(15)16(2)21-25-26-22(31-21)18-5-4-6-19(24)13-18/h4-10,13,15-16H,11-12,14H2,1-3H3. The highest BCUT2D eigenvalue weighted by Crippen LogP contribution is 2.29. The molecule has 1 fully saturated rings. The lowest BCUT2D eigenvalue weighted by Crippen LogP contribution is -2.52. The lowest BCUT2D eigenvalue weighted by atomic mass is 10.1. The second-order valence-electron chi connectivity index (χ2n) is 7.70. The quantitative estimate of drug-likeness (QED) is 0.543. The Morgan fingerprint density at radius 1 is 1.19 bits per heavy atom. The molecule has 0 radical (unpaired) electrons. The molecule has 0 saturated carbocycles. The molecule has 2 unspecified atom stereocenters. The number of benzene rings is 2. The van der Waals surface area contributed by atoms with Gasteiger partial charge >= 0.3 is 5.97 Å². The van der Waals surface area contributed by atoms with Gasteiger partial charge in [0.1, 0.15) is 0 Å². The van der Waals surface area contributed by atoms with Crippen LogP contribution in [0.15, 0.2) is 52.9 Å². The summed E-state index contributed by atoms with van der Waals surface area (Å²) in [5.74, 6) is 0.745. The minimum Gasteiger partial charge on any atom is -0.465 e. The van der Waals surface area contributed by atoms with Crippen LogP contribution in [0.5, 0.6) is 0 Å². The van der Waals surface area contributed by atoms with Gasteiger partial charge in [0.25, 0.3) is 0 Å². The van der Waals surface area contributed by atoms with Crippen LogP contribution in [0.3, 0.4) is 0 Å². The van der Waals surface area contributed by atoms with Gasteiger partial charge in [-0.15, -0.1) is 10.2 Å². The number of methoxy groups -OCH3 is 1. The SMILES string of the molecule is COC(=O)c1ccc(N2CCN(C(C)c3nnc(-c4cccc(Cl)c4)o3)C(C)C2)cc1. The smallest absolute Gasteiger partial charge is 0.337 e. The largest absolute Gasteiger partial charge is 0.465 e. The summed E-state index contributed by atoms with van der Waals surface area (Å²) in [6, 6.07) is 15.2. The van der Waals surface area contributed by atoms with Crippen molar-refractivity contribution in [2.24, 2.45) is 0 Å². The van der Waals surface area contributed by atoms with Crippen molar-refractivity contribution in [3.05, 3.63) is 65.0 Å². The molecule has 31 heavy (non-hydrogen) atoms. The first-order valence-electron chi connectivity index (χ1n) is 10.2. The summed E-state index contributed by atoms with van der Waals surface area (Å²) in [7, 11) is 1.39. The second kappa shape index (κ2) is 9.08.